The molecule has 0 bridgehead atoms. The van der Waals surface area contributed by atoms with Gasteiger partial charge in [-0.2, -0.15) is 13.2 Å². The zero-order chi connectivity index (χ0) is 18.8. The summed E-state index contributed by atoms with van der Waals surface area (Å²) in [6.07, 6.45) is -2.71. The number of fused-ring (bicyclic) bond motifs is 1. The number of carbonyl (C=O) groups excluding carboxylic acids is 2. The number of hydrogen-bond acceptors (Lipinski definition) is 3. The van der Waals surface area contributed by atoms with E-state index < -0.39 is 30.0 Å². The molecular formula is C17H21F3N2O3. The van der Waals surface area contributed by atoms with Crippen LogP contribution in [0.1, 0.15) is 41.8 Å². The summed E-state index contributed by atoms with van der Waals surface area (Å²) in [6, 6.07) is 4.99. The minimum Gasteiger partial charge on any atom is -0.333 e. The maximum Gasteiger partial charge on any atom is 0.406 e. The van der Waals surface area contributed by atoms with Gasteiger partial charge < -0.3 is 4.90 Å². The molecule has 5 nitrogen and oxygen atoms in total. The lowest BCUT2D eigenvalue weighted by molar-refractivity contribution is -0.162. The lowest BCUT2D eigenvalue weighted by Gasteiger charge is -2.39. The van der Waals surface area contributed by atoms with Crippen LogP contribution in [-0.2, 0) is 17.6 Å². The largest absolute Gasteiger partial charge is 0.406 e. The molecule has 1 atom stereocenters. The average molecular weight is 358 g/mol. The Bertz CT molecular complexity index is 676. The quantitative estimate of drug-likeness (QED) is 0.642. The van der Waals surface area contributed by atoms with E-state index in [0.29, 0.717) is 24.8 Å². The Balaban J connectivity index is 2.16. The highest BCUT2D eigenvalue weighted by Crippen LogP contribution is 2.37. The predicted molar refractivity (Wildman–Crippen MR) is 84.1 cm³/mol. The summed E-state index contributed by atoms with van der Waals surface area (Å²) in [5, 5.41) is 8.69. The second-order valence-electron chi connectivity index (χ2n) is 6.90. The third-order valence-electron chi connectivity index (χ3n) is 4.57. The molecule has 0 heterocycles. The van der Waals surface area contributed by atoms with Crippen molar-refractivity contribution in [2.75, 3.05) is 13.1 Å². The molecule has 1 aliphatic carbocycles. The Kier molecular flexibility index (Phi) is 5.41. The molecule has 2 N–H and O–H groups in total. The molecule has 0 saturated carbocycles. The Labute approximate surface area is 143 Å². The summed E-state index contributed by atoms with van der Waals surface area (Å²) >= 11 is 0. The topological polar surface area (TPSA) is 69.6 Å². The highest BCUT2D eigenvalue weighted by molar-refractivity contribution is 5.93. The van der Waals surface area contributed by atoms with Gasteiger partial charge in [-0.25, -0.2) is 5.48 Å². The minimum absolute atomic E-state index is 0.0279. The van der Waals surface area contributed by atoms with Crippen molar-refractivity contribution in [2.24, 2.45) is 5.41 Å². The molecule has 0 fully saturated rings. The first-order valence-corrected chi connectivity index (χ1v) is 7.91. The van der Waals surface area contributed by atoms with E-state index >= 15 is 0 Å². The molecule has 2 rings (SSSR count). The zero-order valence-electron chi connectivity index (χ0n) is 14.1. The first kappa shape index (κ1) is 19.2. The van der Waals surface area contributed by atoms with Crippen molar-refractivity contribution >= 4 is 11.8 Å². The van der Waals surface area contributed by atoms with E-state index in [1.807, 2.05) is 6.92 Å². The number of aryl methyl sites for hydroxylation is 1. The van der Waals surface area contributed by atoms with E-state index in [-0.39, 0.29) is 6.54 Å². The van der Waals surface area contributed by atoms with Gasteiger partial charge in [0.2, 0.25) is 5.91 Å². The van der Waals surface area contributed by atoms with Crippen LogP contribution in [-0.4, -0.2) is 41.2 Å². The van der Waals surface area contributed by atoms with Gasteiger partial charge in [0.25, 0.3) is 5.91 Å². The van der Waals surface area contributed by atoms with Gasteiger partial charge in [0.1, 0.15) is 6.54 Å². The maximum absolute atomic E-state index is 12.7. The van der Waals surface area contributed by atoms with Crippen LogP contribution in [0.4, 0.5) is 13.2 Å². The highest BCUT2D eigenvalue weighted by Gasteiger charge is 2.37. The van der Waals surface area contributed by atoms with Crippen LogP contribution in [0, 0.1) is 5.41 Å². The van der Waals surface area contributed by atoms with Crippen molar-refractivity contribution in [1.82, 2.24) is 10.4 Å². The zero-order valence-corrected chi connectivity index (χ0v) is 14.1. The molecule has 0 spiro atoms. The van der Waals surface area contributed by atoms with Crippen LogP contribution < -0.4 is 5.48 Å². The number of halogens is 3. The SMILES string of the molecule is CC(=O)N(CC(F)(F)F)CC1(C)CCc2cc(C(=O)NO)ccc2C1. The molecule has 1 aromatic carbocycles. The van der Waals surface area contributed by atoms with Crippen LogP contribution in [0.2, 0.25) is 0 Å². The number of amides is 2. The molecule has 0 aromatic heterocycles. The first-order chi connectivity index (χ1) is 11.5. The second kappa shape index (κ2) is 7.03. The van der Waals surface area contributed by atoms with E-state index in [0.717, 1.165) is 23.0 Å². The molecule has 1 unspecified atom stereocenters. The number of alkyl halides is 3. The number of nitrogens with one attached hydrogen (secondary N) is 1. The highest BCUT2D eigenvalue weighted by atomic mass is 19.4. The van der Waals surface area contributed by atoms with Crippen molar-refractivity contribution in [3.63, 3.8) is 0 Å². The number of nitrogens with zero attached hydrogens (tertiary/aromatic N) is 1. The van der Waals surface area contributed by atoms with Crippen LogP contribution >= 0.6 is 0 Å². The van der Waals surface area contributed by atoms with E-state index in [4.69, 9.17) is 5.21 Å². The smallest absolute Gasteiger partial charge is 0.333 e. The predicted octanol–water partition coefficient (Wildman–Crippen LogP) is 2.71. The number of hydroxylamine groups is 1. The van der Waals surface area contributed by atoms with Crippen LogP contribution in [0.5, 0.6) is 0 Å². The molecule has 1 aromatic rings. The minimum atomic E-state index is -4.43. The molecule has 0 radical (unpaired) electrons. The summed E-state index contributed by atoms with van der Waals surface area (Å²) in [5.41, 5.74) is 3.31. The van der Waals surface area contributed by atoms with E-state index in [1.54, 1.807) is 23.7 Å². The molecule has 0 aliphatic heterocycles. The third kappa shape index (κ3) is 4.94. The van der Waals surface area contributed by atoms with Crippen molar-refractivity contribution in [1.29, 1.82) is 0 Å². The number of rotatable bonds is 4. The lowest BCUT2D eigenvalue weighted by Crippen LogP contribution is -2.45. The lowest BCUT2D eigenvalue weighted by atomic mass is 9.72. The Morgan fingerprint density at radius 2 is 2.00 bits per heavy atom. The Morgan fingerprint density at radius 3 is 2.56 bits per heavy atom. The molecule has 8 heteroatoms. The monoisotopic (exact) mass is 358 g/mol. The van der Waals surface area contributed by atoms with Gasteiger partial charge >= 0.3 is 6.18 Å². The average Bonchev–Trinajstić information content (AvgIpc) is 2.51. The van der Waals surface area contributed by atoms with E-state index in [2.05, 4.69) is 0 Å². The van der Waals surface area contributed by atoms with Crippen molar-refractivity contribution in [3.05, 3.63) is 34.9 Å². The summed E-state index contributed by atoms with van der Waals surface area (Å²) in [4.78, 5) is 23.9. The number of carbonyl (C=O) groups is 2. The van der Waals surface area contributed by atoms with Gasteiger partial charge in [-0.3, -0.25) is 14.8 Å². The third-order valence-corrected chi connectivity index (χ3v) is 4.57. The van der Waals surface area contributed by atoms with E-state index in [1.165, 1.54) is 0 Å². The Hall–Kier alpha value is -2.09. The molecule has 2 amide bonds. The molecular weight excluding hydrogens is 337 g/mol. The number of hydrogen-bond donors (Lipinski definition) is 2. The fraction of sp³-hybridized carbons (Fsp3) is 0.529. The summed E-state index contributed by atoms with van der Waals surface area (Å²) < 4.78 is 38.1. The molecule has 138 valence electrons. The Morgan fingerprint density at radius 1 is 1.32 bits per heavy atom. The fourth-order valence-electron chi connectivity index (χ4n) is 3.31. The molecule has 1 aliphatic rings. The van der Waals surface area contributed by atoms with Crippen LogP contribution in [0.3, 0.4) is 0 Å². The maximum atomic E-state index is 12.7. The fourth-order valence-corrected chi connectivity index (χ4v) is 3.31. The molecule has 0 saturated heterocycles. The first-order valence-electron chi connectivity index (χ1n) is 7.91. The summed E-state index contributed by atoms with van der Waals surface area (Å²) in [7, 11) is 0. The van der Waals surface area contributed by atoms with Crippen LogP contribution in [0.25, 0.3) is 0 Å². The van der Waals surface area contributed by atoms with Gasteiger partial charge in [0.15, 0.2) is 0 Å². The van der Waals surface area contributed by atoms with Gasteiger partial charge in [-0.05, 0) is 47.9 Å². The van der Waals surface area contributed by atoms with Gasteiger partial charge in [-0.15, -0.1) is 0 Å². The van der Waals surface area contributed by atoms with E-state index in [9.17, 15) is 22.8 Å². The van der Waals surface area contributed by atoms with Crippen molar-refractivity contribution < 1.29 is 28.0 Å². The summed E-state index contributed by atoms with van der Waals surface area (Å²) in [5.74, 6) is -1.21. The second-order valence-corrected chi connectivity index (χ2v) is 6.90. The van der Waals surface area contributed by atoms with Crippen molar-refractivity contribution in [3.8, 4) is 0 Å². The molecule has 25 heavy (non-hydrogen) atoms. The van der Waals surface area contributed by atoms with Gasteiger partial charge in [0, 0.05) is 19.0 Å². The van der Waals surface area contributed by atoms with Crippen molar-refractivity contribution in [2.45, 2.75) is 39.3 Å². The normalized spacial score (nSPS) is 19.9. The van der Waals surface area contributed by atoms with Crippen LogP contribution in [0.15, 0.2) is 18.2 Å². The summed E-state index contributed by atoms with van der Waals surface area (Å²) in [6.45, 7) is 1.79. The van der Waals surface area contributed by atoms with Gasteiger partial charge in [0.05, 0.1) is 0 Å². The number of benzene rings is 1. The van der Waals surface area contributed by atoms with Gasteiger partial charge in [-0.1, -0.05) is 13.0 Å². The standard InChI is InChI=1S/C17H21F3N2O3/c1-11(23)22(10-17(18,19)20)9-16(2)6-5-12-7-13(15(24)21-25)3-4-14(12)8-16/h3-4,7,25H,5-6,8-10H2,1-2H3,(H,21,24).